The van der Waals surface area contributed by atoms with E-state index in [2.05, 4.69) is 149 Å². The van der Waals surface area contributed by atoms with Crippen LogP contribution in [-0.4, -0.2) is 9.13 Å². The molecule has 3 aromatic heterocycles. The summed E-state index contributed by atoms with van der Waals surface area (Å²) in [6, 6.07) is 52.3. The van der Waals surface area contributed by atoms with E-state index in [0.717, 1.165) is 38.8 Å². The first kappa shape index (κ1) is 22.8. The van der Waals surface area contributed by atoms with Crippen molar-refractivity contribution in [1.29, 1.82) is 0 Å². The Kier molecular flexibility index (Phi) is 4.45. The maximum Gasteiger partial charge on any atom is 0.160 e. The Morgan fingerprint density at radius 2 is 1.09 bits per heavy atom. The van der Waals surface area contributed by atoms with Gasteiger partial charge in [0.1, 0.15) is 5.58 Å². The molecule has 0 aliphatic heterocycles. The molecule has 0 bridgehead atoms. The number of aromatic nitrogens is 2. The number of fused-ring (bicyclic) bond motifs is 12. The lowest BCUT2D eigenvalue weighted by Crippen LogP contribution is -1.96. The fraction of sp³-hybridized carbons (Fsp3) is 0. The molecule has 0 unspecified atom stereocenters. The molecular weight excluding hydrogens is 524 g/mol. The second-order valence-corrected chi connectivity index (χ2v) is 11.3. The van der Waals surface area contributed by atoms with E-state index in [9.17, 15) is 0 Å². The highest BCUT2D eigenvalue weighted by molar-refractivity contribution is 6.27. The summed E-state index contributed by atoms with van der Waals surface area (Å²) in [5, 5.41) is 9.68. The van der Waals surface area contributed by atoms with Crippen LogP contribution < -0.4 is 0 Å². The standard InChI is InChI=1S/C40H24N2O/c1-2-11-26(12-3-1)41-34-16-8-6-14-29(34)33-24-27(19-23-35(33)41)42-36-22-18-25-10-4-5-13-28(25)38(36)32-21-20-31-30-15-7-9-17-37(30)43-40(31)39(32)42/h1-24H. The second kappa shape index (κ2) is 8.37. The van der Waals surface area contributed by atoms with Gasteiger partial charge in [0.05, 0.1) is 22.1 Å². The molecule has 0 fully saturated rings. The minimum atomic E-state index is 0.910. The predicted molar refractivity (Wildman–Crippen MR) is 180 cm³/mol. The van der Waals surface area contributed by atoms with Crippen molar-refractivity contribution in [2.75, 3.05) is 0 Å². The third kappa shape index (κ3) is 3.03. The van der Waals surface area contributed by atoms with Crippen LogP contribution in [0.4, 0.5) is 0 Å². The summed E-state index contributed by atoms with van der Waals surface area (Å²) in [4.78, 5) is 0. The zero-order valence-corrected chi connectivity index (χ0v) is 23.2. The summed E-state index contributed by atoms with van der Waals surface area (Å²) in [5.41, 5.74) is 8.78. The molecule has 0 saturated heterocycles. The van der Waals surface area contributed by atoms with Crippen LogP contribution >= 0.6 is 0 Å². The Balaban J connectivity index is 1.38. The molecule has 43 heavy (non-hydrogen) atoms. The van der Waals surface area contributed by atoms with Crippen molar-refractivity contribution < 1.29 is 4.42 Å². The van der Waals surface area contributed by atoms with E-state index in [1.807, 2.05) is 6.07 Å². The van der Waals surface area contributed by atoms with Gasteiger partial charge in [0, 0.05) is 43.7 Å². The zero-order chi connectivity index (χ0) is 28.1. The molecule has 3 heterocycles. The first-order valence-corrected chi connectivity index (χ1v) is 14.7. The van der Waals surface area contributed by atoms with E-state index in [-0.39, 0.29) is 0 Å². The van der Waals surface area contributed by atoms with Gasteiger partial charge in [0.25, 0.3) is 0 Å². The summed E-state index contributed by atoms with van der Waals surface area (Å²) in [5.74, 6) is 0. The summed E-state index contributed by atoms with van der Waals surface area (Å²) >= 11 is 0. The Morgan fingerprint density at radius 1 is 0.395 bits per heavy atom. The Hall–Kier alpha value is -5.80. The van der Waals surface area contributed by atoms with Gasteiger partial charge in [-0.15, -0.1) is 0 Å². The van der Waals surface area contributed by atoms with Crippen LogP contribution in [0.2, 0.25) is 0 Å². The summed E-state index contributed by atoms with van der Waals surface area (Å²) in [7, 11) is 0. The maximum absolute atomic E-state index is 6.66. The van der Waals surface area contributed by atoms with Crippen LogP contribution in [0.15, 0.2) is 150 Å². The van der Waals surface area contributed by atoms with Crippen LogP contribution in [0.5, 0.6) is 0 Å². The fourth-order valence-corrected chi connectivity index (χ4v) is 7.27. The summed E-state index contributed by atoms with van der Waals surface area (Å²) in [6.07, 6.45) is 0. The van der Waals surface area contributed by atoms with Gasteiger partial charge in [0.15, 0.2) is 5.58 Å². The quantitative estimate of drug-likeness (QED) is 0.211. The molecule has 0 atom stereocenters. The van der Waals surface area contributed by atoms with E-state index < -0.39 is 0 Å². The van der Waals surface area contributed by atoms with Gasteiger partial charge in [0.2, 0.25) is 0 Å². The number of para-hydroxylation sites is 3. The van der Waals surface area contributed by atoms with Gasteiger partial charge < -0.3 is 13.6 Å². The van der Waals surface area contributed by atoms with Crippen molar-refractivity contribution in [3.8, 4) is 11.4 Å². The minimum Gasteiger partial charge on any atom is -0.454 e. The lowest BCUT2D eigenvalue weighted by molar-refractivity contribution is 0.671. The first-order valence-electron chi connectivity index (χ1n) is 14.7. The molecule has 0 saturated carbocycles. The van der Waals surface area contributed by atoms with Crippen LogP contribution in [0.1, 0.15) is 0 Å². The molecule has 200 valence electrons. The van der Waals surface area contributed by atoms with Gasteiger partial charge >= 0.3 is 0 Å². The topological polar surface area (TPSA) is 23.0 Å². The predicted octanol–water partition coefficient (Wildman–Crippen LogP) is 10.9. The number of furan rings is 1. The van der Waals surface area contributed by atoms with Crippen molar-refractivity contribution in [2.45, 2.75) is 0 Å². The third-order valence-electron chi connectivity index (χ3n) is 9.09. The van der Waals surface area contributed by atoms with E-state index in [1.54, 1.807) is 0 Å². The van der Waals surface area contributed by atoms with Crippen molar-refractivity contribution in [1.82, 2.24) is 9.13 Å². The molecule has 0 radical (unpaired) electrons. The Labute approximate surface area is 246 Å². The van der Waals surface area contributed by atoms with Gasteiger partial charge in [-0.3, -0.25) is 0 Å². The molecular formula is C40H24N2O. The van der Waals surface area contributed by atoms with Gasteiger partial charge in [-0.25, -0.2) is 0 Å². The highest BCUT2D eigenvalue weighted by Crippen LogP contribution is 2.43. The second-order valence-electron chi connectivity index (χ2n) is 11.3. The molecule has 7 aromatic carbocycles. The number of benzene rings is 7. The van der Waals surface area contributed by atoms with Crippen LogP contribution in [0, 0.1) is 0 Å². The van der Waals surface area contributed by atoms with Gasteiger partial charge in [-0.1, -0.05) is 91.0 Å². The minimum absolute atomic E-state index is 0.910. The normalized spacial score (nSPS) is 12.2. The first-order chi connectivity index (χ1) is 21.3. The number of rotatable bonds is 2. The van der Waals surface area contributed by atoms with Crippen molar-refractivity contribution in [2.24, 2.45) is 0 Å². The largest absolute Gasteiger partial charge is 0.454 e. The highest BCUT2D eigenvalue weighted by atomic mass is 16.3. The van der Waals surface area contributed by atoms with Crippen LogP contribution in [0.25, 0.3) is 87.7 Å². The van der Waals surface area contributed by atoms with Crippen molar-refractivity contribution in [3.05, 3.63) is 146 Å². The molecule has 10 rings (SSSR count). The lowest BCUT2D eigenvalue weighted by Gasteiger charge is -2.11. The third-order valence-corrected chi connectivity index (χ3v) is 9.09. The number of nitrogens with zero attached hydrogens (tertiary/aromatic N) is 2. The van der Waals surface area contributed by atoms with Gasteiger partial charge in [-0.2, -0.15) is 0 Å². The van der Waals surface area contributed by atoms with E-state index in [0.29, 0.717) is 0 Å². The maximum atomic E-state index is 6.66. The van der Waals surface area contributed by atoms with Crippen molar-refractivity contribution in [3.63, 3.8) is 0 Å². The molecule has 0 amide bonds. The molecule has 3 nitrogen and oxygen atoms in total. The monoisotopic (exact) mass is 548 g/mol. The van der Waals surface area contributed by atoms with Crippen LogP contribution in [0.3, 0.4) is 0 Å². The lowest BCUT2D eigenvalue weighted by atomic mass is 10.0. The summed E-state index contributed by atoms with van der Waals surface area (Å²) < 4.78 is 11.4. The molecule has 10 aromatic rings. The van der Waals surface area contributed by atoms with Crippen molar-refractivity contribution >= 4 is 76.3 Å². The smallest absolute Gasteiger partial charge is 0.160 e. The zero-order valence-electron chi connectivity index (χ0n) is 23.2. The average Bonchev–Trinajstić information content (AvgIpc) is 3.72. The average molecular weight is 549 g/mol. The SMILES string of the molecule is c1ccc(-n2c3ccccc3c3cc(-n4c5ccc6ccccc6c5c5ccc6c7ccccc7oc6c54)ccc32)cc1. The molecule has 0 N–H and O–H groups in total. The molecule has 0 aliphatic rings. The Bertz CT molecular complexity index is 2720. The summed E-state index contributed by atoms with van der Waals surface area (Å²) in [6.45, 7) is 0. The van der Waals surface area contributed by atoms with Crippen LogP contribution in [-0.2, 0) is 0 Å². The van der Waals surface area contributed by atoms with E-state index in [1.165, 1.54) is 48.9 Å². The molecule has 3 heteroatoms. The highest BCUT2D eigenvalue weighted by Gasteiger charge is 2.21. The molecule has 0 aliphatic carbocycles. The van der Waals surface area contributed by atoms with E-state index >= 15 is 0 Å². The van der Waals surface area contributed by atoms with E-state index in [4.69, 9.17) is 4.42 Å². The molecule has 0 spiro atoms. The number of hydrogen-bond donors (Lipinski definition) is 0. The Morgan fingerprint density at radius 3 is 2.00 bits per heavy atom. The van der Waals surface area contributed by atoms with Gasteiger partial charge in [-0.05, 0) is 65.4 Å². The fourth-order valence-electron chi connectivity index (χ4n) is 7.27. The number of hydrogen-bond acceptors (Lipinski definition) is 1.